The molecular weight excluding hydrogens is 260 g/mol. The molecule has 0 fully saturated rings. The number of amides is 2. The third kappa shape index (κ3) is 4.50. The first-order valence-corrected chi connectivity index (χ1v) is 5.52. The summed E-state index contributed by atoms with van der Waals surface area (Å²) in [6.45, 7) is 5.95. The fraction of sp³-hybridized carbons (Fsp3) is 0.444. The van der Waals surface area contributed by atoms with Gasteiger partial charge < -0.3 is 10.6 Å². The van der Waals surface area contributed by atoms with Gasteiger partial charge in [-0.25, -0.2) is 0 Å². The Kier molecular flexibility index (Phi) is 5.25. The van der Waals surface area contributed by atoms with Gasteiger partial charge in [0.05, 0.1) is 11.8 Å². The molecule has 0 atom stereocenters. The smallest absolute Gasteiger partial charge is 0.292 e. The Morgan fingerprint density at radius 3 is 2.61 bits per heavy atom. The number of nitrogens with zero attached hydrogens (tertiary/aromatic N) is 4. The molecule has 0 spiro atoms. The quantitative estimate of drug-likeness (QED) is 0.536. The highest BCUT2D eigenvalue weighted by Gasteiger charge is 2.11. The van der Waals surface area contributed by atoms with Crippen LogP contribution in [0.15, 0.2) is 12.2 Å². The lowest BCUT2D eigenvalue weighted by atomic mass is 10.3. The second kappa shape index (κ2) is 6.70. The van der Waals surface area contributed by atoms with E-state index in [1.807, 2.05) is 0 Å². The van der Waals surface area contributed by atoms with Gasteiger partial charge in [-0.1, -0.05) is 10.9 Å². The molecular formula is C9H13ClN6O2. The molecule has 1 heterocycles. The average Bonchev–Trinajstić information content (AvgIpc) is 2.74. The molecule has 2 N–H and O–H groups in total. The zero-order valence-corrected chi connectivity index (χ0v) is 10.6. The van der Waals surface area contributed by atoms with Gasteiger partial charge in [-0.2, -0.15) is 0 Å². The van der Waals surface area contributed by atoms with Crippen LogP contribution in [0.4, 0.5) is 0 Å². The molecule has 0 saturated carbocycles. The zero-order chi connectivity index (χ0) is 13.5. The average molecular weight is 273 g/mol. The second-order valence-electron chi connectivity index (χ2n) is 3.50. The number of carbonyl (C=O) groups excluding carboxylic acids is 2. The van der Waals surface area contributed by atoms with Crippen LogP contribution in [-0.2, 0) is 4.79 Å². The van der Waals surface area contributed by atoms with Gasteiger partial charge in [0.15, 0.2) is 0 Å². The van der Waals surface area contributed by atoms with Gasteiger partial charge in [0.1, 0.15) is 0 Å². The van der Waals surface area contributed by atoms with Crippen molar-refractivity contribution in [3.05, 3.63) is 18.0 Å². The van der Waals surface area contributed by atoms with Crippen LogP contribution >= 0.6 is 11.8 Å². The summed E-state index contributed by atoms with van der Waals surface area (Å²) in [7, 11) is 0. The highest BCUT2D eigenvalue weighted by molar-refractivity contribution is 6.14. The Hall–Kier alpha value is -1.96. The van der Waals surface area contributed by atoms with Gasteiger partial charge in [-0.3, -0.25) is 9.59 Å². The van der Waals surface area contributed by atoms with Crippen molar-refractivity contribution in [1.29, 1.82) is 0 Å². The van der Waals surface area contributed by atoms with E-state index >= 15 is 0 Å². The minimum absolute atomic E-state index is 0.101. The van der Waals surface area contributed by atoms with E-state index in [1.54, 1.807) is 6.92 Å². The lowest BCUT2D eigenvalue weighted by Gasteiger charge is -2.04. The summed E-state index contributed by atoms with van der Waals surface area (Å²) in [5.41, 5.74) is 0.446. The van der Waals surface area contributed by atoms with E-state index < -0.39 is 5.91 Å². The number of tetrazole rings is 1. The molecule has 0 aliphatic carbocycles. The molecule has 0 radical (unpaired) electrons. The molecule has 9 heteroatoms. The van der Waals surface area contributed by atoms with Crippen LogP contribution in [0.1, 0.15) is 24.0 Å². The Morgan fingerprint density at radius 1 is 1.39 bits per heavy atom. The third-order valence-electron chi connectivity index (χ3n) is 1.91. The number of rotatable bonds is 6. The van der Waals surface area contributed by atoms with Crippen molar-refractivity contribution in [2.45, 2.75) is 13.3 Å². The predicted octanol–water partition coefficient (Wildman–Crippen LogP) is -0.513. The molecule has 0 unspecified atom stereocenters. The number of nitrogens with one attached hydrogen (secondary N) is 2. The van der Waals surface area contributed by atoms with Gasteiger partial charge in [0.25, 0.3) is 11.7 Å². The molecule has 1 aromatic heterocycles. The Morgan fingerprint density at radius 2 is 2.06 bits per heavy atom. The van der Waals surface area contributed by atoms with E-state index in [0.29, 0.717) is 29.4 Å². The fourth-order valence-corrected chi connectivity index (χ4v) is 1.12. The van der Waals surface area contributed by atoms with E-state index in [9.17, 15) is 9.59 Å². The Balaban J connectivity index is 2.17. The number of carbonyl (C=O) groups is 2. The number of aromatic nitrogens is 4. The van der Waals surface area contributed by atoms with Crippen molar-refractivity contribution in [2.75, 3.05) is 13.1 Å². The highest BCUT2D eigenvalue weighted by Crippen LogP contribution is 1.89. The van der Waals surface area contributed by atoms with Crippen LogP contribution < -0.4 is 10.6 Å². The molecule has 1 aromatic rings. The minimum Gasteiger partial charge on any atom is -0.352 e. The summed E-state index contributed by atoms with van der Waals surface area (Å²) in [6, 6.07) is 0. The van der Waals surface area contributed by atoms with Crippen LogP contribution in [0, 0.1) is 0 Å². The summed E-state index contributed by atoms with van der Waals surface area (Å²) in [5, 5.41) is 15.5. The molecule has 1 rings (SSSR count). The normalized spacial score (nSPS) is 9.89. The zero-order valence-electron chi connectivity index (χ0n) is 9.81. The van der Waals surface area contributed by atoms with Crippen LogP contribution in [0.2, 0.25) is 0 Å². The number of hydrogen-bond donors (Lipinski definition) is 2. The van der Waals surface area contributed by atoms with Gasteiger partial charge in [-0.15, -0.1) is 10.2 Å². The van der Waals surface area contributed by atoms with Gasteiger partial charge in [0, 0.05) is 18.7 Å². The molecule has 18 heavy (non-hydrogen) atoms. The maximum Gasteiger partial charge on any atom is 0.292 e. The van der Waals surface area contributed by atoms with E-state index in [0.717, 1.165) is 0 Å². The Labute approximate surface area is 108 Å². The van der Waals surface area contributed by atoms with Crippen molar-refractivity contribution in [3.63, 3.8) is 0 Å². The third-order valence-corrected chi connectivity index (χ3v) is 2.05. The minimum atomic E-state index is -0.465. The molecule has 0 aromatic carbocycles. The number of halogens is 1. The van der Waals surface area contributed by atoms with Gasteiger partial charge >= 0.3 is 0 Å². The van der Waals surface area contributed by atoms with E-state index in [2.05, 4.69) is 32.6 Å². The summed E-state index contributed by atoms with van der Waals surface area (Å²) in [6.07, 6.45) is 0.583. The van der Waals surface area contributed by atoms with Crippen molar-refractivity contribution >= 4 is 23.6 Å². The topological polar surface area (TPSA) is 102 Å². The SMILES string of the molecule is C=C(C)C(=O)NCCCNC(=O)c1nnn(Cl)n1. The maximum atomic E-state index is 11.4. The first-order chi connectivity index (χ1) is 8.50. The van der Waals surface area contributed by atoms with Crippen molar-refractivity contribution in [3.8, 4) is 0 Å². The first kappa shape index (κ1) is 14.1. The van der Waals surface area contributed by atoms with E-state index in [4.69, 9.17) is 11.8 Å². The summed E-state index contributed by atoms with van der Waals surface area (Å²) < 4.78 is 0.683. The van der Waals surface area contributed by atoms with Crippen LogP contribution in [0.3, 0.4) is 0 Å². The molecule has 0 bridgehead atoms. The van der Waals surface area contributed by atoms with Crippen LogP contribution in [-0.4, -0.2) is 44.6 Å². The van der Waals surface area contributed by atoms with Gasteiger partial charge in [-0.05, 0) is 18.6 Å². The highest BCUT2D eigenvalue weighted by atomic mass is 35.5. The van der Waals surface area contributed by atoms with Crippen molar-refractivity contribution in [1.82, 2.24) is 30.4 Å². The molecule has 0 aliphatic heterocycles. The van der Waals surface area contributed by atoms with E-state index in [1.165, 1.54) is 0 Å². The summed E-state index contributed by atoms with van der Waals surface area (Å²) >= 11 is 5.35. The van der Waals surface area contributed by atoms with Crippen molar-refractivity contribution in [2.24, 2.45) is 0 Å². The lowest BCUT2D eigenvalue weighted by Crippen LogP contribution is -2.30. The maximum absolute atomic E-state index is 11.4. The molecule has 8 nitrogen and oxygen atoms in total. The second-order valence-corrected chi connectivity index (χ2v) is 3.80. The monoisotopic (exact) mass is 272 g/mol. The standard InChI is InChI=1S/C9H13ClN6O2/c1-6(2)8(17)11-4-3-5-12-9(18)7-13-15-16(10)14-7/h1,3-5H2,2H3,(H,11,17)(H,12,18). The largest absolute Gasteiger partial charge is 0.352 e. The first-order valence-electron chi connectivity index (χ1n) is 5.19. The lowest BCUT2D eigenvalue weighted by molar-refractivity contribution is -0.117. The number of hydrogen-bond acceptors (Lipinski definition) is 5. The predicted molar refractivity (Wildman–Crippen MR) is 63.8 cm³/mol. The molecule has 2 amide bonds. The summed E-state index contributed by atoms with van der Waals surface area (Å²) in [5.74, 6) is -0.767. The Bertz CT molecular complexity index is 458. The summed E-state index contributed by atoms with van der Waals surface area (Å²) in [4.78, 5) is 22.5. The fourth-order valence-electron chi connectivity index (χ4n) is 1.01. The van der Waals surface area contributed by atoms with Crippen LogP contribution in [0.5, 0.6) is 0 Å². The van der Waals surface area contributed by atoms with Crippen molar-refractivity contribution < 1.29 is 9.59 Å². The molecule has 0 aliphatic rings. The molecule has 0 saturated heterocycles. The van der Waals surface area contributed by atoms with Gasteiger partial charge in [0.2, 0.25) is 5.91 Å². The van der Waals surface area contributed by atoms with Crippen LogP contribution in [0.25, 0.3) is 0 Å². The molecule has 98 valence electrons. The van der Waals surface area contributed by atoms with E-state index in [-0.39, 0.29) is 11.7 Å².